The maximum Gasteiger partial charge on any atom is 0.358 e. The van der Waals surface area contributed by atoms with Crippen LogP contribution in [0.5, 0.6) is 0 Å². The van der Waals surface area contributed by atoms with Crippen molar-refractivity contribution in [2.45, 2.75) is 25.9 Å². The van der Waals surface area contributed by atoms with E-state index in [4.69, 9.17) is 16.3 Å². The first-order chi connectivity index (χ1) is 10.1. The second-order valence-corrected chi connectivity index (χ2v) is 5.41. The molecule has 0 amide bonds. The third kappa shape index (κ3) is 2.52. The van der Waals surface area contributed by atoms with Crippen molar-refractivity contribution in [3.8, 4) is 5.69 Å². The Morgan fingerprint density at radius 2 is 2.33 bits per heavy atom. The molecule has 0 spiro atoms. The smallest absolute Gasteiger partial charge is 0.358 e. The predicted octanol–water partition coefficient (Wildman–Crippen LogP) is 2.78. The minimum absolute atomic E-state index is 0.0683. The van der Waals surface area contributed by atoms with Gasteiger partial charge in [-0.25, -0.2) is 9.48 Å². The second kappa shape index (κ2) is 5.46. The molecule has 1 aliphatic heterocycles. The molecule has 21 heavy (non-hydrogen) atoms. The highest BCUT2D eigenvalue weighted by atomic mass is 35.5. The lowest BCUT2D eigenvalue weighted by molar-refractivity contribution is 0.0673. The van der Waals surface area contributed by atoms with Gasteiger partial charge in [0.15, 0.2) is 5.69 Å². The third-order valence-corrected chi connectivity index (χ3v) is 3.78. The van der Waals surface area contributed by atoms with Gasteiger partial charge in [-0.15, -0.1) is 5.10 Å². The van der Waals surface area contributed by atoms with Gasteiger partial charge >= 0.3 is 5.97 Å². The maximum atomic E-state index is 11.4. The van der Waals surface area contributed by atoms with E-state index in [1.165, 1.54) is 4.68 Å². The number of carboxylic acids is 1. The lowest BCUT2D eigenvalue weighted by Gasteiger charge is -2.14. The predicted molar refractivity (Wildman–Crippen MR) is 76.0 cm³/mol. The lowest BCUT2D eigenvalue weighted by Crippen LogP contribution is -2.12. The Hall–Kier alpha value is -1.92. The third-order valence-electron chi connectivity index (χ3n) is 3.54. The number of halogens is 1. The summed E-state index contributed by atoms with van der Waals surface area (Å²) in [5.41, 5.74) is 2.06. The fraction of sp³-hybridized carbons (Fsp3) is 0.357. The normalized spacial score (nSPS) is 18.1. The van der Waals surface area contributed by atoms with Gasteiger partial charge in [0.25, 0.3) is 0 Å². The summed E-state index contributed by atoms with van der Waals surface area (Å²) in [7, 11) is 0. The maximum absolute atomic E-state index is 11.4. The molecule has 1 aromatic heterocycles. The van der Waals surface area contributed by atoms with Crippen molar-refractivity contribution >= 4 is 17.6 Å². The van der Waals surface area contributed by atoms with E-state index in [2.05, 4.69) is 10.3 Å². The second-order valence-electron chi connectivity index (χ2n) is 4.97. The lowest BCUT2D eigenvalue weighted by atomic mass is 10.1. The molecular weight excluding hydrogens is 294 g/mol. The summed E-state index contributed by atoms with van der Waals surface area (Å²) < 4.78 is 7.15. The number of rotatable bonds is 3. The Labute approximate surface area is 126 Å². The number of carbonyl (C=O) groups is 1. The van der Waals surface area contributed by atoms with Crippen molar-refractivity contribution in [2.75, 3.05) is 6.61 Å². The molecule has 7 heteroatoms. The molecule has 2 aromatic rings. The SMILES string of the molecule is Cc1ccc(Cl)cc1-n1nnc(C(=O)O)c1C1CCCO1. The highest BCUT2D eigenvalue weighted by Crippen LogP contribution is 2.32. The summed E-state index contributed by atoms with van der Waals surface area (Å²) in [5.74, 6) is -1.11. The zero-order valence-electron chi connectivity index (χ0n) is 11.4. The fourth-order valence-electron chi connectivity index (χ4n) is 2.51. The van der Waals surface area contributed by atoms with E-state index in [9.17, 15) is 9.90 Å². The summed E-state index contributed by atoms with van der Waals surface area (Å²) in [6.45, 7) is 2.52. The van der Waals surface area contributed by atoms with E-state index < -0.39 is 5.97 Å². The largest absolute Gasteiger partial charge is 0.476 e. The van der Waals surface area contributed by atoms with Crippen LogP contribution in [-0.2, 0) is 4.74 Å². The Morgan fingerprint density at radius 3 is 3.00 bits per heavy atom. The summed E-state index contributed by atoms with van der Waals surface area (Å²) in [6, 6.07) is 5.38. The first-order valence-corrected chi connectivity index (χ1v) is 7.02. The molecular formula is C14H14ClN3O3. The summed E-state index contributed by atoms with van der Waals surface area (Å²) >= 11 is 6.04. The van der Waals surface area contributed by atoms with Crippen LogP contribution in [0.25, 0.3) is 5.69 Å². The molecule has 0 saturated carbocycles. The molecule has 1 fully saturated rings. The van der Waals surface area contributed by atoms with Crippen molar-refractivity contribution in [3.63, 3.8) is 0 Å². The van der Waals surface area contributed by atoms with E-state index in [0.717, 1.165) is 18.4 Å². The molecule has 0 bridgehead atoms. The first kappa shape index (κ1) is 14.0. The van der Waals surface area contributed by atoms with Crippen LogP contribution in [-0.4, -0.2) is 32.7 Å². The van der Waals surface area contributed by atoms with Crippen LogP contribution in [0.2, 0.25) is 5.02 Å². The molecule has 1 aromatic carbocycles. The van der Waals surface area contributed by atoms with Crippen molar-refractivity contribution in [1.29, 1.82) is 0 Å². The molecule has 6 nitrogen and oxygen atoms in total. The van der Waals surface area contributed by atoms with Gasteiger partial charge in [0, 0.05) is 11.6 Å². The number of aromatic carboxylic acids is 1. The van der Waals surface area contributed by atoms with Crippen LogP contribution in [0.3, 0.4) is 0 Å². The zero-order valence-corrected chi connectivity index (χ0v) is 12.2. The first-order valence-electron chi connectivity index (χ1n) is 6.65. The van der Waals surface area contributed by atoms with Crippen LogP contribution in [0, 0.1) is 6.92 Å². The Morgan fingerprint density at radius 1 is 1.52 bits per heavy atom. The van der Waals surface area contributed by atoms with Gasteiger partial charge < -0.3 is 9.84 Å². The van der Waals surface area contributed by atoms with Gasteiger partial charge in [-0.1, -0.05) is 22.9 Å². The molecule has 1 unspecified atom stereocenters. The molecule has 110 valence electrons. The summed E-state index contributed by atoms with van der Waals surface area (Å²) in [6.07, 6.45) is 1.35. The van der Waals surface area contributed by atoms with Crippen molar-refractivity contribution in [1.82, 2.24) is 15.0 Å². The van der Waals surface area contributed by atoms with Gasteiger partial charge in [0.05, 0.1) is 5.69 Å². The number of nitrogens with zero attached hydrogens (tertiary/aromatic N) is 3. The van der Waals surface area contributed by atoms with Crippen LogP contribution in [0.4, 0.5) is 0 Å². The van der Waals surface area contributed by atoms with Crippen LogP contribution in [0.15, 0.2) is 18.2 Å². The number of aromatic nitrogens is 3. The van der Waals surface area contributed by atoms with Crippen molar-refractivity contribution in [3.05, 3.63) is 40.2 Å². The standard InChI is InChI=1S/C14H14ClN3O3/c1-8-4-5-9(15)7-10(8)18-13(11-3-2-6-21-11)12(14(19)20)16-17-18/h4-5,7,11H,2-3,6H2,1H3,(H,19,20). The summed E-state index contributed by atoms with van der Waals surface area (Å²) in [4.78, 5) is 11.4. The summed E-state index contributed by atoms with van der Waals surface area (Å²) in [5, 5.41) is 17.7. The molecule has 1 saturated heterocycles. The fourth-order valence-corrected chi connectivity index (χ4v) is 2.68. The molecule has 1 N–H and O–H groups in total. The van der Waals surface area contributed by atoms with Crippen LogP contribution >= 0.6 is 11.6 Å². The van der Waals surface area contributed by atoms with Gasteiger partial charge in [-0.2, -0.15) is 0 Å². The number of hydrogen-bond donors (Lipinski definition) is 1. The van der Waals surface area contributed by atoms with Gasteiger partial charge in [-0.05, 0) is 37.5 Å². The minimum Gasteiger partial charge on any atom is -0.476 e. The van der Waals surface area contributed by atoms with E-state index in [1.54, 1.807) is 12.1 Å². The zero-order chi connectivity index (χ0) is 15.0. The van der Waals surface area contributed by atoms with Crippen molar-refractivity contribution in [2.24, 2.45) is 0 Å². The van der Waals surface area contributed by atoms with Crippen LogP contribution in [0.1, 0.15) is 40.7 Å². The Bertz CT molecular complexity index is 693. The number of hydrogen-bond acceptors (Lipinski definition) is 4. The quantitative estimate of drug-likeness (QED) is 0.943. The molecule has 3 rings (SSSR count). The van der Waals surface area contributed by atoms with Gasteiger partial charge in [-0.3, -0.25) is 0 Å². The van der Waals surface area contributed by atoms with Crippen LogP contribution < -0.4 is 0 Å². The average Bonchev–Trinajstić information content (AvgIpc) is 3.08. The Balaban J connectivity index is 2.18. The average molecular weight is 308 g/mol. The number of ether oxygens (including phenoxy) is 1. The number of benzene rings is 1. The topological polar surface area (TPSA) is 77.2 Å². The molecule has 2 heterocycles. The Kier molecular flexibility index (Phi) is 3.65. The number of aryl methyl sites for hydroxylation is 1. The highest BCUT2D eigenvalue weighted by Gasteiger charge is 2.30. The number of carboxylic acid groups (broad SMARTS) is 1. The van der Waals surface area contributed by atoms with E-state index in [1.807, 2.05) is 13.0 Å². The molecule has 0 aliphatic carbocycles. The van der Waals surface area contributed by atoms with E-state index in [0.29, 0.717) is 23.0 Å². The van der Waals surface area contributed by atoms with E-state index in [-0.39, 0.29) is 11.8 Å². The molecule has 1 atom stereocenters. The van der Waals surface area contributed by atoms with Crippen molar-refractivity contribution < 1.29 is 14.6 Å². The molecule has 0 radical (unpaired) electrons. The monoisotopic (exact) mass is 307 g/mol. The highest BCUT2D eigenvalue weighted by molar-refractivity contribution is 6.30. The van der Waals surface area contributed by atoms with Gasteiger partial charge in [0.1, 0.15) is 11.8 Å². The van der Waals surface area contributed by atoms with Gasteiger partial charge in [0.2, 0.25) is 0 Å². The minimum atomic E-state index is -1.11. The molecule has 1 aliphatic rings. The van der Waals surface area contributed by atoms with E-state index >= 15 is 0 Å².